The molecule has 2 rings (SSSR count). The highest BCUT2D eigenvalue weighted by Crippen LogP contribution is 2.26. The van der Waals surface area contributed by atoms with E-state index in [0.29, 0.717) is 0 Å². The molecule has 0 bridgehead atoms. The molecule has 0 aliphatic rings. The molecule has 0 saturated heterocycles. The zero-order valence-electron chi connectivity index (χ0n) is 12.3. The maximum absolute atomic E-state index is 11.9. The molecule has 4 N–H and O–H groups in total. The van der Waals surface area contributed by atoms with Crippen molar-refractivity contribution in [3.8, 4) is 11.8 Å². The minimum absolute atomic E-state index is 0.0343. The number of hydrogen-bond acceptors (Lipinski definition) is 8. The van der Waals surface area contributed by atoms with Crippen LogP contribution in [0.1, 0.15) is 16.1 Å². The predicted octanol–water partition coefficient (Wildman–Crippen LogP) is -0.694. The second-order valence-corrected chi connectivity index (χ2v) is 4.69. The SMILES string of the molecule is COC(=O)c1c(N)c(C#N)cn1-c1cc(B(O)O)cc([N+](=O)[O-])c1. The highest BCUT2D eigenvalue weighted by Gasteiger charge is 2.24. The Morgan fingerprint density at radius 2 is 2.12 bits per heavy atom. The van der Waals surface area contributed by atoms with Crippen molar-refractivity contribution >= 4 is 29.9 Å². The maximum Gasteiger partial charge on any atom is 0.488 e. The molecule has 24 heavy (non-hydrogen) atoms. The molecule has 11 heteroatoms. The van der Waals surface area contributed by atoms with Crippen LogP contribution in [0.15, 0.2) is 24.4 Å². The van der Waals surface area contributed by atoms with Crippen molar-refractivity contribution in [2.45, 2.75) is 0 Å². The second-order valence-electron chi connectivity index (χ2n) is 4.69. The third-order valence-electron chi connectivity index (χ3n) is 3.26. The van der Waals surface area contributed by atoms with Crippen LogP contribution in [0, 0.1) is 21.4 Å². The summed E-state index contributed by atoms with van der Waals surface area (Å²) in [6.45, 7) is 0. The monoisotopic (exact) mass is 330 g/mol. The van der Waals surface area contributed by atoms with E-state index in [-0.39, 0.29) is 28.1 Å². The first-order valence-corrected chi connectivity index (χ1v) is 6.45. The van der Waals surface area contributed by atoms with E-state index in [1.807, 2.05) is 0 Å². The zero-order chi connectivity index (χ0) is 18.0. The first kappa shape index (κ1) is 17.0. The van der Waals surface area contributed by atoms with E-state index in [9.17, 15) is 25.0 Å². The Kier molecular flexibility index (Phi) is 4.54. The molecule has 1 aromatic heterocycles. The molecule has 0 spiro atoms. The molecule has 0 saturated carbocycles. The summed E-state index contributed by atoms with van der Waals surface area (Å²) in [5.41, 5.74) is 4.80. The molecule has 1 aromatic carbocycles. The lowest BCUT2D eigenvalue weighted by atomic mass is 9.80. The fourth-order valence-electron chi connectivity index (χ4n) is 2.13. The van der Waals surface area contributed by atoms with E-state index in [0.717, 1.165) is 23.8 Å². The number of non-ortho nitro benzene ring substituents is 1. The van der Waals surface area contributed by atoms with Crippen LogP contribution in [0.5, 0.6) is 0 Å². The number of carbonyl (C=O) groups is 1. The van der Waals surface area contributed by atoms with E-state index in [4.69, 9.17) is 11.0 Å². The Bertz CT molecular complexity index is 870. The molecule has 0 amide bonds. The number of anilines is 1. The Labute approximate surface area is 135 Å². The number of nitriles is 1. The van der Waals surface area contributed by atoms with Crippen molar-refractivity contribution in [3.05, 3.63) is 45.8 Å². The maximum atomic E-state index is 11.9. The molecule has 2 aromatic rings. The van der Waals surface area contributed by atoms with Crippen molar-refractivity contribution < 1.29 is 24.5 Å². The van der Waals surface area contributed by atoms with E-state index < -0.39 is 23.7 Å². The summed E-state index contributed by atoms with van der Waals surface area (Å²) in [4.78, 5) is 22.2. The quantitative estimate of drug-likeness (QED) is 0.287. The van der Waals surface area contributed by atoms with Gasteiger partial charge >= 0.3 is 13.1 Å². The number of hydrogen-bond donors (Lipinski definition) is 3. The van der Waals surface area contributed by atoms with Gasteiger partial charge in [-0.1, -0.05) is 0 Å². The van der Waals surface area contributed by atoms with Crippen LogP contribution >= 0.6 is 0 Å². The third-order valence-corrected chi connectivity index (χ3v) is 3.26. The van der Waals surface area contributed by atoms with Gasteiger partial charge in [-0.05, 0) is 11.5 Å². The van der Waals surface area contributed by atoms with Gasteiger partial charge in [0.2, 0.25) is 0 Å². The van der Waals surface area contributed by atoms with Crippen LogP contribution in [-0.2, 0) is 4.74 Å². The standard InChI is InChI=1S/C13H11BN4O6/c1-24-13(19)12-11(16)7(5-15)6-17(12)9-2-8(14(20)21)3-10(4-9)18(22)23/h2-4,6,20-21H,16H2,1H3. The van der Waals surface area contributed by atoms with Gasteiger partial charge in [0.25, 0.3) is 5.69 Å². The topological polar surface area (TPSA) is 165 Å². The molecule has 122 valence electrons. The number of methoxy groups -OCH3 is 1. The fourth-order valence-corrected chi connectivity index (χ4v) is 2.13. The number of nitrogens with two attached hydrogens (primary N) is 1. The average molecular weight is 330 g/mol. The summed E-state index contributed by atoms with van der Waals surface area (Å²) in [6.07, 6.45) is 1.20. The van der Waals surface area contributed by atoms with Crippen LogP contribution in [0.3, 0.4) is 0 Å². The molecule has 1 heterocycles. The fraction of sp³-hybridized carbons (Fsp3) is 0.0769. The van der Waals surface area contributed by atoms with Crippen molar-refractivity contribution in [3.63, 3.8) is 0 Å². The summed E-state index contributed by atoms with van der Waals surface area (Å²) >= 11 is 0. The van der Waals surface area contributed by atoms with Gasteiger partial charge in [0.1, 0.15) is 6.07 Å². The summed E-state index contributed by atoms with van der Waals surface area (Å²) in [7, 11) is -0.852. The van der Waals surface area contributed by atoms with Crippen LogP contribution in [0.2, 0.25) is 0 Å². The van der Waals surface area contributed by atoms with Gasteiger partial charge in [-0.3, -0.25) is 10.1 Å². The summed E-state index contributed by atoms with van der Waals surface area (Å²) < 4.78 is 5.73. The molecular formula is C13H11BN4O6. The molecule has 0 atom stereocenters. The third kappa shape index (κ3) is 2.91. The van der Waals surface area contributed by atoms with E-state index in [2.05, 4.69) is 4.74 Å². The molecule has 10 nitrogen and oxygen atoms in total. The largest absolute Gasteiger partial charge is 0.488 e. The molecule has 0 fully saturated rings. The number of carbonyl (C=O) groups excluding carboxylic acids is 1. The number of aromatic nitrogens is 1. The van der Waals surface area contributed by atoms with Gasteiger partial charge in [-0.2, -0.15) is 5.26 Å². The van der Waals surface area contributed by atoms with Crippen molar-refractivity contribution in [1.82, 2.24) is 4.57 Å². The predicted molar refractivity (Wildman–Crippen MR) is 82.7 cm³/mol. The van der Waals surface area contributed by atoms with E-state index >= 15 is 0 Å². The van der Waals surface area contributed by atoms with Crippen LogP contribution < -0.4 is 11.2 Å². The molecule has 0 unspecified atom stereocenters. The summed E-state index contributed by atoms with van der Waals surface area (Å²) in [5, 5.41) is 38.7. The summed E-state index contributed by atoms with van der Waals surface area (Å²) in [5.74, 6) is -0.855. The summed E-state index contributed by atoms with van der Waals surface area (Å²) in [6, 6.07) is 5.08. The van der Waals surface area contributed by atoms with Gasteiger partial charge in [0.05, 0.1) is 29.0 Å². The molecular weight excluding hydrogens is 319 g/mol. The highest BCUT2D eigenvalue weighted by atomic mass is 16.6. The van der Waals surface area contributed by atoms with Crippen LogP contribution in [0.4, 0.5) is 11.4 Å². The number of nitro benzene ring substituents is 1. The number of ether oxygens (including phenoxy) is 1. The number of benzene rings is 1. The van der Waals surface area contributed by atoms with Crippen molar-refractivity contribution in [1.29, 1.82) is 5.26 Å². The number of rotatable bonds is 4. The molecule has 0 aliphatic carbocycles. The van der Waals surface area contributed by atoms with Crippen molar-refractivity contribution in [2.24, 2.45) is 0 Å². The van der Waals surface area contributed by atoms with Crippen molar-refractivity contribution in [2.75, 3.05) is 12.8 Å². The Morgan fingerprint density at radius 1 is 1.46 bits per heavy atom. The lowest BCUT2D eigenvalue weighted by Gasteiger charge is -2.10. The van der Waals surface area contributed by atoms with E-state index in [1.165, 1.54) is 12.3 Å². The van der Waals surface area contributed by atoms with Gasteiger partial charge in [0, 0.05) is 18.3 Å². The van der Waals surface area contributed by atoms with Gasteiger partial charge in [-0.25, -0.2) is 4.79 Å². The lowest BCUT2D eigenvalue weighted by molar-refractivity contribution is -0.384. The van der Waals surface area contributed by atoms with Gasteiger partial charge in [-0.15, -0.1) is 0 Å². The number of nitrogens with zero attached hydrogens (tertiary/aromatic N) is 3. The zero-order valence-corrected chi connectivity index (χ0v) is 12.3. The number of nitrogen functional groups attached to an aromatic ring is 1. The van der Waals surface area contributed by atoms with E-state index in [1.54, 1.807) is 6.07 Å². The minimum Gasteiger partial charge on any atom is -0.464 e. The Morgan fingerprint density at radius 3 is 2.62 bits per heavy atom. The van der Waals surface area contributed by atoms with Gasteiger partial charge in [0.15, 0.2) is 5.69 Å². The smallest absolute Gasteiger partial charge is 0.464 e. The molecule has 0 aliphatic heterocycles. The number of nitro groups is 1. The normalized spacial score (nSPS) is 10.1. The first-order chi connectivity index (χ1) is 11.3. The van der Waals surface area contributed by atoms with Gasteiger partial charge < -0.3 is 25.1 Å². The molecule has 0 radical (unpaired) electrons. The lowest BCUT2D eigenvalue weighted by Crippen LogP contribution is -2.30. The second kappa shape index (κ2) is 6.41. The first-order valence-electron chi connectivity index (χ1n) is 6.45. The van der Waals surface area contributed by atoms with Crippen LogP contribution in [0.25, 0.3) is 5.69 Å². The average Bonchev–Trinajstić information content (AvgIpc) is 2.90. The minimum atomic E-state index is -1.96. The number of esters is 1. The Hall–Kier alpha value is -3.36. The van der Waals surface area contributed by atoms with Crippen LogP contribution in [-0.4, -0.2) is 39.7 Å². The highest BCUT2D eigenvalue weighted by molar-refractivity contribution is 6.58. The Balaban J connectivity index is 2.79.